The van der Waals surface area contributed by atoms with Crippen LogP contribution in [-0.4, -0.2) is 37.0 Å². The fourth-order valence-corrected chi connectivity index (χ4v) is 2.21. The van der Waals surface area contributed by atoms with E-state index >= 15 is 0 Å². The standard InChI is InChI=1S/C12H15N5O/c1-8-6-13-12(14-7-8)16-9-5-10(18)11(9)17-4-2-3-15-17/h2-4,6-7,9-11,18H,5H2,1H3,(H,13,14,16)/t9-,10+,11+/m0/s1. The summed E-state index contributed by atoms with van der Waals surface area (Å²) < 4.78 is 1.78. The number of anilines is 1. The van der Waals surface area contributed by atoms with Gasteiger partial charge in [0.25, 0.3) is 0 Å². The number of hydrogen-bond donors (Lipinski definition) is 2. The Labute approximate surface area is 105 Å². The number of hydrogen-bond acceptors (Lipinski definition) is 5. The molecule has 0 bridgehead atoms. The van der Waals surface area contributed by atoms with Gasteiger partial charge in [0.05, 0.1) is 18.2 Å². The molecule has 0 unspecified atom stereocenters. The summed E-state index contributed by atoms with van der Waals surface area (Å²) in [5.74, 6) is 0.592. The largest absolute Gasteiger partial charge is 0.391 e. The summed E-state index contributed by atoms with van der Waals surface area (Å²) in [6, 6.07) is 1.91. The lowest BCUT2D eigenvalue weighted by atomic mass is 9.83. The van der Waals surface area contributed by atoms with Gasteiger partial charge in [0.1, 0.15) is 0 Å². The molecule has 3 atom stereocenters. The predicted molar refractivity (Wildman–Crippen MR) is 66.1 cm³/mol. The molecule has 6 nitrogen and oxygen atoms in total. The fraction of sp³-hybridized carbons (Fsp3) is 0.417. The molecule has 2 aromatic heterocycles. The molecule has 0 saturated heterocycles. The third kappa shape index (κ3) is 1.95. The van der Waals surface area contributed by atoms with E-state index in [1.54, 1.807) is 23.3 Å². The Balaban J connectivity index is 1.72. The van der Waals surface area contributed by atoms with Gasteiger partial charge >= 0.3 is 0 Å². The molecular formula is C12H15N5O. The van der Waals surface area contributed by atoms with E-state index in [2.05, 4.69) is 20.4 Å². The number of nitrogens with zero attached hydrogens (tertiary/aromatic N) is 4. The average molecular weight is 245 g/mol. The molecule has 0 aliphatic heterocycles. The van der Waals surface area contributed by atoms with Crippen LogP contribution in [0, 0.1) is 6.92 Å². The van der Waals surface area contributed by atoms with Crippen molar-refractivity contribution < 1.29 is 5.11 Å². The first-order valence-electron chi connectivity index (χ1n) is 5.96. The lowest BCUT2D eigenvalue weighted by molar-refractivity contribution is 0.0132. The summed E-state index contributed by atoms with van der Waals surface area (Å²) in [4.78, 5) is 8.41. The zero-order valence-corrected chi connectivity index (χ0v) is 10.1. The lowest BCUT2D eigenvalue weighted by Crippen LogP contribution is -2.51. The summed E-state index contributed by atoms with van der Waals surface area (Å²) in [6.07, 6.45) is 7.43. The minimum Gasteiger partial charge on any atom is -0.391 e. The van der Waals surface area contributed by atoms with Crippen molar-refractivity contribution >= 4 is 5.95 Å². The van der Waals surface area contributed by atoms with E-state index in [1.807, 2.05) is 19.2 Å². The predicted octanol–water partition coefficient (Wildman–Crippen LogP) is 0.768. The third-order valence-corrected chi connectivity index (χ3v) is 3.23. The van der Waals surface area contributed by atoms with Crippen molar-refractivity contribution in [3.05, 3.63) is 36.4 Å². The van der Waals surface area contributed by atoms with Crippen LogP contribution in [0.15, 0.2) is 30.9 Å². The van der Waals surface area contributed by atoms with Gasteiger partial charge in [-0.1, -0.05) is 0 Å². The summed E-state index contributed by atoms with van der Waals surface area (Å²) in [5.41, 5.74) is 1.03. The summed E-state index contributed by atoms with van der Waals surface area (Å²) in [5, 5.41) is 17.2. The quantitative estimate of drug-likeness (QED) is 0.835. The van der Waals surface area contributed by atoms with Crippen LogP contribution in [0.3, 0.4) is 0 Å². The van der Waals surface area contributed by atoms with Gasteiger partial charge in [-0.05, 0) is 25.0 Å². The lowest BCUT2D eigenvalue weighted by Gasteiger charge is -2.41. The number of aryl methyl sites for hydroxylation is 1. The highest BCUT2D eigenvalue weighted by Crippen LogP contribution is 2.33. The highest BCUT2D eigenvalue weighted by atomic mass is 16.3. The van der Waals surface area contributed by atoms with Crippen LogP contribution in [0.4, 0.5) is 5.95 Å². The van der Waals surface area contributed by atoms with Crippen molar-refractivity contribution in [1.29, 1.82) is 0 Å². The Bertz CT molecular complexity index is 510. The van der Waals surface area contributed by atoms with Crippen LogP contribution < -0.4 is 5.32 Å². The summed E-state index contributed by atoms with van der Waals surface area (Å²) in [6.45, 7) is 1.95. The molecule has 1 aliphatic rings. The van der Waals surface area contributed by atoms with Gasteiger partial charge in [0.2, 0.25) is 5.95 Å². The van der Waals surface area contributed by atoms with Crippen LogP contribution in [0.25, 0.3) is 0 Å². The van der Waals surface area contributed by atoms with Gasteiger partial charge in [0, 0.05) is 24.8 Å². The Morgan fingerprint density at radius 1 is 1.39 bits per heavy atom. The molecule has 3 rings (SSSR count). The smallest absolute Gasteiger partial charge is 0.222 e. The summed E-state index contributed by atoms with van der Waals surface area (Å²) >= 11 is 0. The van der Waals surface area contributed by atoms with E-state index in [-0.39, 0.29) is 18.2 Å². The Kier molecular flexibility index (Phi) is 2.71. The van der Waals surface area contributed by atoms with E-state index in [0.717, 1.165) is 5.56 Å². The maximum atomic E-state index is 9.83. The second-order valence-corrected chi connectivity index (χ2v) is 4.61. The van der Waals surface area contributed by atoms with Crippen LogP contribution in [-0.2, 0) is 0 Å². The molecule has 2 heterocycles. The maximum Gasteiger partial charge on any atom is 0.222 e. The van der Waals surface area contributed by atoms with Crippen molar-refractivity contribution in [3.63, 3.8) is 0 Å². The number of aliphatic hydroxyl groups is 1. The van der Waals surface area contributed by atoms with Crippen LogP contribution >= 0.6 is 0 Å². The van der Waals surface area contributed by atoms with E-state index in [1.165, 1.54) is 0 Å². The first-order chi connectivity index (χ1) is 8.74. The molecule has 2 aromatic rings. The molecule has 1 aliphatic carbocycles. The van der Waals surface area contributed by atoms with E-state index in [4.69, 9.17) is 0 Å². The molecule has 0 spiro atoms. The monoisotopic (exact) mass is 245 g/mol. The second kappa shape index (κ2) is 4.38. The Morgan fingerprint density at radius 3 is 2.78 bits per heavy atom. The van der Waals surface area contributed by atoms with Gasteiger partial charge in [-0.25, -0.2) is 9.97 Å². The normalized spacial score (nSPS) is 26.7. The molecular weight excluding hydrogens is 230 g/mol. The van der Waals surface area contributed by atoms with Gasteiger partial charge in [-0.15, -0.1) is 0 Å². The molecule has 18 heavy (non-hydrogen) atoms. The molecule has 2 N–H and O–H groups in total. The minimum absolute atomic E-state index is 0.0510. The minimum atomic E-state index is -0.368. The van der Waals surface area contributed by atoms with E-state index < -0.39 is 0 Å². The molecule has 6 heteroatoms. The van der Waals surface area contributed by atoms with Gasteiger partial charge in [-0.3, -0.25) is 4.68 Å². The molecule has 0 radical (unpaired) electrons. The number of nitrogens with one attached hydrogen (secondary N) is 1. The summed E-state index contributed by atoms with van der Waals surface area (Å²) in [7, 11) is 0. The highest BCUT2D eigenvalue weighted by Gasteiger charge is 2.42. The van der Waals surface area contributed by atoms with Gasteiger partial charge in [-0.2, -0.15) is 5.10 Å². The van der Waals surface area contributed by atoms with Gasteiger partial charge in [0.15, 0.2) is 0 Å². The number of aliphatic hydroxyl groups excluding tert-OH is 1. The maximum absolute atomic E-state index is 9.83. The van der Waals surface area contributed by atoms with Crippen molar-refractivity contribution in [3.8, 4) is 0 Å². The molecule has 1 fully saturated rings. The van der Waals surface area contributed by atoms with Crippen LogP contribution in [0.2, 0.25) is 0 Å². The van der Waals surface area contributed by atoms with Crippen molar-refractivity contribution in [1.82, 2.24) is 19.7 Å². The molecule has 1 saturated carbocycles. The number of aromatic nitrogens is 4. The first kappa shape index (κ1) is 11.2. The van der Waals surface area contributed by atoms with Crippen molar-refractivity contribution in [2.75, 3.05) is 5.32 Å². The average Bonchev–Trinajstić information content (AvgIpc) is 2.84. The molecule has 0 aromatic carbocycles. The SMILES string of the molecule is Cc1cnc(N[C@H]2C[C@@H](O)[C@@H]2n2cccn2)nc1. The topological polar surface area (TPSA) is 75.9 Å². The second-order valence-electron chi connectivity index (χ2n) is 4.61. The zero-order chi connectivity index (χ0) is 12.5. The van der Waals surface area contributed by atoms with Crippen LogP contribution in [0.1, 0.15) is 18.0 Å². The van der Waals surface area contributed by atoms with Crippen molar-refractivity contribution in [2.24, 2.45) is 0 Å². The Morgan fingerprint density at radius 2 is 2.17 bits per heavy atom. The van der Waals surface area contributed by atoms with Crippen LogP contribution in [0.5, 0.6) is 0 Å². The highest BCUT2D eigenvalue weighted by molar-refractivity contribution is 5.29. The third-order valence-electron chi connectivity index (χ3n) is 3.23. The number of rotatable bonds is 3. The Hall–Kier alpha value is -1.95. The zero-order valence-electron chi connectivity index (χ0n) is 10.1. The van der Waals surface area contributed by atoms with Gasteiger partial charge < -0.3 is 10.4 Å². The van der Waals surface area contributed by atoms with E-state index in [9.17, 15) is 5.11 Å². The molecule has 94 valence electrons. The first-order valence-corrected chi connectivity index (χ1v) is 5.96. The molecule has 0 amide bonds. The van der Waals surface area contributed by atoms with Crippen molar-refractivity contribution in [2.45, 2.75) is 31.5 Å². The fourth-order valence-electron chi connectivity index (χ4n) is 2.21. The van der Waals surface area contributed by atoms with E-state index in [0.29, 0.717) is 12.4 Å².